The van der Waals surface area contributed by atoms with Gasteiger partial charge in [0.15, 0.2) is 0 Å². The number of ether oxygens (including phenoxy) is 1. The van der Waals surface area contributed by atoms with Gasteiger partial charge >= 0.3 is 0 Å². The fourth-order valence-corrected chi connectivity index (χ4v) is 1.85. The van der Waals surface area contributed by atoms with Gasteiger partial charge in [-0.1, -0.05) is 29.3 Å². The Bertz CT molecular complexity index is 324. The predicted molar refractivity (Wildman–Crippen MR) is 58.3 cm³/mol. The summed E-state index contributed by atoms with van der Waals surface area (Å²) in [6, 6.07) is 6.64. The Labute approximate surface area is 93.4 Å². The zero-order chi connectivity index (χ0) is 9.97. The Morgan fingerprint density at radius 1 is 1.29 bits per heavy atom. The lowest BCUT2D eigenvalue weighted by molar-refractivity contribution is 0.122. The van der Waals surface area contributed by atoms with E-state index in [-0.39, 0.29) is 0 Å². The highest BCUT2D eigenvalue weighted by Crippen LogP contribution is 2.32. The van der Waals surface area contributed by atoms with Gasteiger partial charge in [-0.25, -0.2) is 0 Å². The Morgan fingerprint density at radius 3 is 2.71 bits per heavy atom. The SMILES string of the molecule is Clc1cc[c]c(N2CCOCC2)c1Cl. The average molecular weight is 231 g/mol. The summed E-state index contributed by atoms with van der Waals surface area (Å²) < 4.78 is 5.26. The van der Waals surface area contributed by atoms with Gasteiger partial charge < -0.3 is 9.64 Å². The van der Waals surface area contributed by atoms with E-state index in [1.165, 1.54) is 0 Å². The van der Waals surface area contributed by atoms with Gasteiger partial charge in [-0.15, -0.1) is 0 Å². The molecule has 1 heterocycles. The van der Waals surface area contributed by atoms with Crippen LogP contribution in [0.3, 0.4) is 0 Å². The molecule has 0 atom stereocenters. The molecule has 0 aromatic heterocycles. The van der Waals surface area contributed by atoms with E-state index in [0.717, 1.165) is 32.0 Å². The maximum absolute atomic E-state index is 6.08. The molecule has 0 spiro atoms. The lowest BCUT2D eigenvalue weighted by Crippen LogP contribution is -2.36. The fraction of sp³-hybridized carbons (Fsp3) is 0.400. The average Bonchev–Trinajstić information content (AvgIpc) is 2.23. The number of hydrogen-bond donors (Lipinski definition) is 0. The van der Waals surface area contributed by atoms with Crippen molar-refractivity contribution in [1.29, 1.82) is 0 Å². The summed E-state index contributed by atoms with van der Waals surface area (Å²) >= 11 is 12.0. The number of hydrogen-bond acceptors (Lipinski definition) is 2. The van der Waals surface area contributed by atoms with Crippen LogP contribution in [0.2, 0.25) is 10.0 Å². The molecular weight excluding hydrogens is 221 g/mol. The molecule has 0 saturated carbocycles. The van der Waals surface area contributed by atoms with Crippen LogP contribution in [0.4, 0.5) is 5.69 Å². The summed E-state index contributed by atoms with van der Waals surface area (Å²) in [5, 5.41) is 1.16. The minimum atomic E-state index is 0.576. The molecule has 4 heteroatoms. The molecule has 1 saturated heterocycles. The van der Waals surface area contributed by atoms with E-state index >= 15 is 0 Å². The zero-order valence-corrected chi connectivity index (χ0v) is 9.11. The quantitative estimate of drug-likeness (QED) is 0.736. The Balaban J connectivity index is 2.26. The summed E-state index contributed by atoms with van der Waals surface area (Å²) in [5.41, 5.74) is 0.877. The Hall–Kier alpha value is -0.440. The highest BCUT2D eigenvalue weighted by molar-refractivity contribution is 6.43. The molecule has 14 heavy (non-hydrogen) atoms. The van der Waals surface area contributed by atoms with E-state index in [4.69, 9.17) is 27.9 Å². The molecule has 1 aromatic rings. The van der Waals surface area contributed by atoms with E-state index in [1.807, 2.05) is 0 Å². The Kier molecular flexibility index (Phi) is 3.16. The molecule has 1 aliphatic rings. The van der Waals surface area contributed by atoms with Crippen molar-refractivity contribution in [2.75, 3.05) is 31.2 Å². The van der Waals surface area contributed by atoms with E-state index < -0.39 is 0 Å². The van der Waals surface area contributed by atoms with Crippen LogP contribution in [0.15, 0.2) is 12.1 Å². The van der Waals surface area contributed by atoms with E-state index in [0.29, 0.717) is 10.0 Å². The van der Waals surface area contributed by atoms with Crippen molar-refractivity contribution in [2.24, 2.45) is 0 Å². The molecule has 1 aliphatic heterocycles. The second-order valence-electron chi connectivity index (χ2n) is 3.09. The van der Waals surface area contributed by atoms with Crippen LogP contribution >= 0.6 is 23.2 Å². The largest absolute Gasteiger partial charge is 0.378 e. The summed E-state index contributed by atoms with van der Waals surface area (Å²) in [7, 11) is 0. The normalized spacial score (nSPS) is 17.1. The smallest absolute Gasteiger partial charge is 0.0832 e. The van der Waals surface area contributed by atoms with Crippen LogP contribution in [-0.4, -0.2) is 26.3 Å². The first kappa shape index (κ1) is 10.1. The van der Waals surface area contributed by atoms with Crippen molar-refractivity contribution in [3.63, 3.8) is 0 Å². The van der Waals surface area contributed by atoms with Gasteiger partial charge in [-0.3, -0.25) is 0 Å². The maximum atomic E-state index is 6.08. The summed E-state index contributed by atoms with van der Waals surface area (Å²) in [5.74, 6) is 0. The third-order valence-corrected chi connectivity index (χ3v) is 2.99. The molecule has 2 nitrogen and oxygen atoms in total. The summed E-state index contributed by atoms with van der Waals surface area (Å²) in [6.07, 6.45) is 0. The maximum Gasteiger partial charge on any atom is 0.0832 e. The number of anilines is 1. The van der Waals surface area contributed by atoms with Crippen molar-refractivity contribution in [1.82, 2.24) is 0 Å². The van der Waals surface area contributed by atoms with Crippen LogP contribution in [0, 0.1) is 6.07 Å². The molecule has 2 rings (SSSR count). The van der Waals surface area contributed by atoms with Crippen molar-refractivity contribution < 1.29 is 4.74 Å². The molecule has 1 aromatic carbocycles. The van der Waals surface area contributed by atoms with Gasteiger partial charge in [0.25, 0.3) is 0 Å². The highest BCUT2D eigenvalue weighted by atomic mass is 35.5. The van der Waals surface area contributed by atoms with E-state index in [9.17, 15) is 0 Å². The van der Waals surface area contributed by atoms with Crippen molar-refractivity contribution in [3.05, 3.63) is 28.2 Å². The first-order chi connectivity index (χ1) is 6.79. The minimum absolute atomic E-state index is 0.576. The second kappa shape index (κ2) is 4.39. The highest BCUT2D eigenvalue weighted by Gasteiger charge is 2.15. The molecule has 0 bridgehead atoms. The molecule has 1 radical (unpaired) electrons. The standard InChI is InChI=1S/C10H10Cl2NO/c11-8-2-1-3-9(10(8)12)13-4-6-14-7-5-13/h1-2H,4-7H2. The van der Waals surface area contributed by atoms with Gasteiger partial charge in [0.1, 0.15) is 0 Å². The molecule has 75 valence electrons. The second-order valence-corrected chi connectivity index (χ2v) is 3.87. The van der Waals surface area contributed by atoms with Crippen molar-refractivity contribution >= 4 is 28.9 Å². The van der Waals surface area contributed by atoms with Crippen LogP contribution in [-0.2, 0) is 4.74 Å². The van der Waals surface area contributed by atoms with E-state index in [2.05, 4.69) is 11.0 Å². The van der Waals surface area contributed by atoms with Gasteiger partial charge in [0.05, 0.1) is 28.9 Å². The van der Waals surface area contributed by atoms with Gasteiger partial charge in [0, 0.05) is 19.2 Å². The number of benzene rings is 1. The number of morpholine rings is 1. The first-order valence-corrected chi connectivity index (χ1v) is 5.23. The van der Waals surface area contributed by atoms with Crippen LogP contribution < -0.4 is 4.90 Å². The first-order valence-electron chi connectivity index (χ1n) is 4.47. The summed E-state index contributed by atoms with van der Waals surface area (Å²) in [6.45, 7) is 3.15. The number of nitrogens with zero attached hydrogens (tertiary/aromatic N) is 1. The van der Waals surface area contributed by atoms with Crippen molar-refractivity contribution in [2.45, 2.75) is 0 Å². The van der Waals surface area contributed by atoms with Crippen LogP contribution in [0.5, 0.6) is 0 Å². The fourth-order valence-electron chi connectivity index (χ4n) is 1.46. The number of halogens is 2. The monoisotopic (exact) mass is 230 g/mol. The molecular formula is C10H10Cl2NO. The van der Waals surface area contributed by atoms with Crippen molar-refractivity contribution in [3.8, 4) is 0 Å². The van der Waals surface area contributed by atoms with Gasteiger partial charge in [0.2, 0.25) is 0 Å². The summed E-state index contributed by atoms with van der Waals surface area (Å²) in [4.78, 5) is 2.14. The molecule has 0 amide bonds. The third-order valence-electron chi connectivity index (χ3n) is 2.19. The minimum Gasteiger partial charge on any atom is -0.378 e. The Morgan fingerprint density at radius 2 is 2.00 bits per heavy atom. The van der Waals surface area contributed by atoms with Crippen LogP contribution in [0.1, 0.15) is 0 Å². The predicted octanol–water partition coefficient (Wildman–Crippen LogP) is 2.63. The lowest BCUT2D eigenvalue weighted by atomic mass is 10.2. The molecule has 0 unspecified atom stereocenters. The third kappa shape index (κ3) is 1.97. The molecule has 0 N–H and O–H groups in total. The molecule has 1 fully saturated rings. The zero-order valence-electron chi connectivity index (χ0n) is 7.59. The topological polar surface area (TPSA) is 12.5 Å². The van der Waals surface area contributed by atoms with E-state index in [1.54, 1.807) is 12.1 Å². The van der Waals surface area contributed by atoms with Gasteiger partial charge in [-0.2, -0.15) is 0 Å². The number of rotatable bonds is 1. The van der Waals surface area contributed by atoms with Crippen LogP contribution in [0.25, 0.3) is 0 Å². The molecule has 0 aliphatic carbocycles. The van der Waals surface area contributed by atoms with Gasteiger partial charge in [-0.05, 0) is 6.07 Å². The lowest BCUT2D eigenvalue weighted by Gasteiger charge is -2.29.